The summed E-state index contributed by atoms with van der Waals surface area (Å²) in [6, 6.07) is 2.09. The number of nitrogens with zero attached hydrogens (tertiary/aromatic N) is 4. The fraction of sp³-hybridized carbons (Fsp3) is 0.316. The van der Waals surface area contributed by atoms with Gasteiger partial charge >= 0.3 is 0 Å². The zero-order valence-corrected chi connectivity index (χ0v) is 18.0. The number of aryl methyl sites for hydroxylation is 1. The van der Waals surface area contributed by atoms with Crippen LogP contribution in [0.25, 0.3) is 37.3 Å². The molecule has 1 N–H and O–H groups in total. The van der Waals surface area contributed by atoms with Crippen molar-refractivity contribution in [3.8, 4) is 10.7 Å². The van der Waals surface area contributed by atoms with Crippen LogP contribution in [0.4, 0.5) is 0 Å². The first kappa shape index (κ1) is 18.1. The van der Waals surface area contributed by atoms with E-state index in [0.717, 1.165) is 66.6 Å². The smallest absolute Gasteiger partial charge is 0.234 e. The molecule has 0 saturated heterocycles. The molecule has 5 aromatic heterocycles. The van der Waals surface area contributed by atoms with Crippen LogP contribution in [0, 0.1) is 0 Å². The number of fused-ring (bicyclic) bond motifs is 2. The molecule has 0 bridgehead atoms. The molecule has 0 aliphatic rings. The van der Waals surface area contributed by atoms with Crippen molar-refractivity contribution in [2.45, 2.75) is 37.3 Å². The fourth-order valence-corrected chi connectivity index (χ4v) is 6.89. The van der Waals surface area contributed by atoms with Crippen molar-refractivity contribution in [3.63, 3.8) is 0 Å². The largest absolute Gasteiger partial charge is 0.611 e. The predicted octanol–water partition coefficient (Wildman–Crippen LogP) is 5.02. The molecule has 0 spiro atoms. The summed E-state index contributed by atoms with van der Waals surface area (Å²) in [4.78, 5) is 14.8. The van der Waals surface area contributed by atoms with Crippen LogP contribution in [0.3, 0.4) is 0 Å². The highest BCUT2D eigenvalue weighted by Gasteiger charge is 2.25. The number of thiazole rings is 1. The Balaban J connectivity index is 1.85. The van der Waals surface area contributed by atoms with Gasteiger partial charge in [-0.25, -0.2) is 19.5 Å². The molecule has 1 atom stereocenters. The molecule has 5 aromatic rings. The van der Waals surface area contributed by atoms with Crippen molar-refractivity contribution in [2.24, 2.45) is 0 Å². The molecule has 0 saturated carbocycles. The van der Waals surface area contributed by atoms with Crippen molar-refractivity contribution >= 4 is 60.5 Å². The van der Waals surface area contributed by atoms with Gasteiger partial charge < -0.3 is 4.55 Å². The Hall–Kier alpha value is -1.94. The number of rotatable bonds is 6. The molecule has 5 heterocycles. The van der Waals surface area contributed by atoms with Crippen molar-refractivity contribution in [1.82, 2.24) is 24.6 Å². The standard InChI is InChI=1S/C19H19N5OS3/c1-3-5-8-28(25)19-16-15-11(13-10-21-14(4-2)24(13)23-16)9-12(22-18(15)27-19)17-20-6-7-26-17/h6-7,9-10,23H,3-5,8H2,1-2H3. The number of nitrogens with one attached hydrogen (secondary N) is 1. The molecule has 1 unspecified atom stereocenters. The van der Waals surface area contributed by atoms with Gasteiger partial charge in [0.05, 0.1) is 17.1 Å². The minimum atomic E-state index is -1.05. The molecule has 9 heteroatoms. The molecule has 0 aliphatic carbocycles. The number of imidazole rings is 1. The first-order valence-electron chi connectivity index (χ1n) is 9.31. The number of aromatic nitrogens is 5. The van der Waals surface area contributed by atoms with Gasteiger partial charge in [-0.05, 0) is 23.7 Å². The molecule has 0 amide bonds. The molecule has 0 fully saturated rings. The topological polar surface area (TPSA) is 81.9 Å². The quantitative estimate of drug-likeness (QED) is 0.384. The van der Waals surface area contributed by atoms with E-state index in [4.69, 9.17) is 4.98 Å². The Morgan fingerprint density at radius 1 is 1.29 bits per heavy atom. The lowest BCUT2D eigenvalue weighted by atomic mass is 10.1. The van der Waals surface area contributed by atoms with Gasteiger partial charge in [0.2, 0.25) is 4.21 Å². The third kappa shape index (κ3) is 2.76. The van der Waals surface area contributed by atoms with E-state index in [0.29, 0.717) is 5.75 Å². The van der Waals surface area contributed by atoms with E-state index in [2.05, 4.69) is 35.0 Å². The molecule has 6 nitrogen and oxygen atoms in total. The lowest BCUT2D eigenvalue weighted by molar-refractivity contribution is 0.594. The maximum absolute atomic E-state index is 13.0. The number of aromatic amines is 1. The van der Waals surface area contributed by atoms with Gasteiger partial charge in [-0.1, -0.05) is 31.6 Å². The van der Waals surface area contributed by atoms with Crippen LogP contribution in [0.5, 0.6) is 0 Å². The summed E-state index contributed by atoms with van der Waals surface area (Å²) < 4.78 is 15.9. The van der Waals surface area contributed by atoms with Gasteiger partial charge in [0.1, 0.15) is 32.6 Å². The Bertz CT molecular complexity index is 1270. The van der Waals surface area contributed by atoms with E-state index in [-0.39, 0.29) is 0 Å². The van der Waals surface area contributed by atoms with Gasteiger partial charge in [0, 0.05) is 23.4 Å². The van der Waals surface area contributed by atoms with Crippen LogP contribution in [0.1, 0.15) is 32.5 Å². The van der Waals surface area contributed by atoms with Crippen LogP contribution in [0.2, 0.25) is 0 Å². The summed E-state index contributed by atoms with van der Waals surface area (Å²) >= 11 is 2.05. The lowest BCUT2D eigenvalue weighted by Crippen LogP contribution is -2.07. The van der Waals surface area contributed by atoms with Gasteiger partial charge in [0.15, 0.2) is 0 Å². The Morgan fingerprint density at radius 3 is 2.93 bits per heavy atom. The summed E-state index contributed by atoms with van der Waals surface area (Å²) in [5, 5.41) is 8.45. The number of hydrogen-bond donors (Lipinski definition) is 1. The van der Waals surface area contributed by atoms with Gasteiger partial charge in [-0.2, -0.15) is 0 Å². The van der Waals surface area contributed by atoms with Gasteiger partial charge in [-0.3, -0.25) is 5.10 Å². The Kier molecular flexibility index (Phi) is 4.62. The number of thiophene rings is 1. The number of unbranched alkanes of at least 4 members (excludes halogenated alkanes) is 1. The SMILES string of the molecule is CCCC[S+]([O-])c1sc2nc(-c3nccs3)cc3c2c1[nH]n1c(CC)ncc31. The van der Waals surface area contributed by atoms with Crippen molar-refractivity contribution in [3.05, 3.63) is 29.7 Å². The monoisotopic (exact) mass is 429 g/mol. The Labute approximate surface area is 172 Å². The molecule has 0 radical (unpaired) electrons. The Morgan fingerprint density at radius 2 is 2.18 bits per heavy atom. The van der Waals surface area contributed by atoms with Crippen molar-refractivity contribution in [1.29, 1.82) is 0 Å². The molecular weight excluding hydrogens is 410 g/mol. The first-order valence-corrected chi connectivity index (χ1v) is 12.3. The highest BCUT2D eigenvalue weighted by molar-refractivity contribution is 7.93. The van der Waals surface area contributed by atoms with Crippen LogP contribution < -0.4 is 0 Å². The van der Waals surface area contributed by atoms with E-state index in [9.17, 15) is 4.55 Å². The molecule has 144 valence electrons. The predicted molar refractivity (Wildman–Crippen MR) is 117 cm³/mol. The van der Waals surface area contributed by atoms with E-state index in [1.165, 1.54) is 11.3 Å². The minimum Gasteiger partial charge on any atom is -0.611 e. The van der Waals surface area contributed by atoms with Crippen molar-refractivity contribution in [2.75, 3.05) is 5.75 Å². The van der Waals surface area contributed by atoms with E-state index < -0.39 is 11.2 Å². The van der Waals surface area contributed by atoms with Gasteiger partial charge in [-0.15, -0.1) is 11.3 Å². The third-order valence-corrected chi connectivity index (χ3v) is 8.58. The molecule has 5 rings (SSSR count). The van der Waals surface area contributed by atoms with Crippen molar-refractivity contribution < 1.29 is 4.55 Å². The summed E-state index contributed by atoms with van der Waals surface area (Å²) in [5.74, 6) is 1.63. The molecular formula is C19H19N5OS3. The maximum atomic E-state index is 13.0. The van der Waals surface area contributed by atoms with E-state index in [1.54, 1.807) is 17.5 Å². The molecule has 0 aliphatic heterocycles. The second-order valence-corrected chi connectivity index (χ2v) is 10.3. The average Bonchev–Trinajstić information content (AvgIpc) is 3.45. The van der Waals surface area contributed by atoms with E-state index in [1.807, 2.05) is 16.1 Å². The maximum Gasteiger partial charge on any atom is 0.234 e. The normalized spacial score (nSPS) is 13.2. The van der Waals surface area contributed by atoms with Crippen LogP contribution in [0.15, 0.2) is 28.0 Å². The number of H-pyrrole nitrogens is 1. The number of hydrogen-bond acceptors (Lipinski definition) is 6. The fourth-order valence-electron chi connectivity index (χ4n) is 3.44. The zero-order chi connectivity index (χ0) is 19.3. The second-order valence-electron chi connectivity index (χ2n) is 6.60. The lowest BCUT2D eigenvalue weighted by Gasteiger charge is -2.09. The summed E-state index contributed by atoms with van der Waals surface area (Å²) in [7, 11) is 0. The summed E-state index contributed by atoms with van der Waals surface area (Å²) in [5.41, 5.74) is 2.78. The highest BCUT2D eigenvalue weighted by Crippen LogP contribution is 2.40. The minimum absolute atomic E-state index is 0.671. The first-order chi connectivity index (χ1) is 13.7. The summed E-state index contributed by atoms with van der Waals surface area (Å²) in [6.45, 7) is 4.21. The van der Waals surface area contributed by atoms with Crippen LogP contribution in [-0.2, 0) is 17.6 Å². The molecule has 28 heavy (non-hydrogen) atoms. The van der Waals surface area contributed by atoms with E-state index >= 15 is 0 Å². The van der Waals surface area contributed by atoms with Crippen LogP contribution >= 0.6 is 22.7 Å². The summed E-state index contributed by atoms with van der Waals surface area (Å²) in [6.07, 6.45) is 6.49. The van der Waals surface area contributed by atoms with Gasteiger partial charge in [0.25, 0.3) is 0 Å². The van der Waals surface area contributed by atoms with Crippen LogP contribution in [-0.4, -0.2) is 34.9 Å². The highest BCUT2D eigenvalue weighted by atomic mass is 32.2. The zero-order valence-electron chi connectivity index (χ0n) is 15.6. The molecule has 0 aromatic carbocycles. The second kappa shape index (κ2) is 7.14. The number of pyridine rings is 1. The third-order valence-electron chi connectivity index (χ3n) is 4.82. The average molecular weight is 430 g/mol.